The Labute approximate surface area is 192 Å². The molecule has 0 saturated heterocycles. The first-order valence-corrected chi connectivity index (χ1v) is 11.2. The smallest absolute Gasteiger partial charge is 0.256 e. The zero-order valence-electron chi connectivity index (χ0n) is 18.8. The van der Waals surface area contributed by atoms with Crippen LogP contribution in [0.2, 0.25) is 0 Å². The number of fused-ring (bicyclic) bond motifs is 2. The summed E-state index contributed by atoms with van der Waals surface area (Å²) in [7, 11) is 0. The van der Waals surface area contributed by atoms with Crippen molar-refractivity contribution >= 4 is 34.0 Å². The first kappa shape index (κ1) is 21.0. The number of para-hydroxylation sites is 1. The van der Waals surface area contributed by atoms with Gasteiger partial charge in [0.1, 0.15) is 12.1 Å². The van der Waals surface area contributed by atoms with Gasteiger partial charge in [-0.1, -0.05) is 25.1 Å². The van der Waals surface area contributed by atoms with Crippen molar-refractivity contribution in [1.82, 2.24) is 19.9 Å². The Morgan fingerprint density at radius 3 is 2.64 bits per heavy atom. The lowest BCUT2D eigenvalue weighted by Crippen LogP contribution is -2.33. The Bertz CT molecular complexity index is 1320. The molecule has 3 heterocycles. The van der Waals surface area contributed by atoms with Gasteiger partial charge >= 0.3 is 0 Å². The summed E-state index contributed by atoms with van der Waals surface area (Å²) in [5.74, 6) is 0.629. The monoisotopic (exact) mass is 438 g/mol. The van der Waals surface area contributed by atoms with Crippen LogP contribution in [0.25, 0.3) is 10.9 Å². The lowest BCUT2D eigenvalue weighted by atomic mass is 9.95. The van der Waals surface area contributed by atoms with Gasteiger partial charge in [-0.2, -0.15) is 0 Å². The van der Waals surface area contributed by atoms with E-state index in [4.69, 9.17) is 4.98 Å². The molecule has 4 aromatic rings. The number of aryl methyl sites for hydroxylation is 1. The third-order valence-electron chi connectivity index (χ3n) is 6.02. The maximum atomic E-state index is 13.5. The van der Waals surface area contributed by atoms with E-state index in [1.807, 2.05) is 61.5 Å². The third-order valence-corrected chi connectivity index (χ3v) is 6.02. The zero-order chi connectivity index (χ0) is 22.8. The molecule has 1 aliphatic heterocycles. The van der Waals surface area contributed by atoms with Crippen molar-refractivity contribution in [2.45, 2.75) is 26.8 Å². The predicted molar refractivity (Wildman–Crippen MR) is 131 cm³/mol. The number of hydrogen-bond acceptors (Lipinski definition) is 6. The van der Waals surface area contributed by atoms with Crippen LogP contribution in [-0.2, 0) is 13.0 Å². The summed E-state index contributed by atoms with van der Waals surface area (Å²) in [5, 5.41) is 7.24. The molecule has 0 bridgehead atoms. The highest BCUT2D eigenvalue weighted by molar-refractivity contribution is 6.13. The van der Waals surface area contributed by atoms with Gasteiger partial charge < -0.3 is 10.6 Å². The highest BCUT2D eigenvalue weighted by atomic mass is 16.1. The van der Waals surface area contributed by atoms with E-state index >= 15 is 0 Å². The number of carbonyl (C=O) groups excluding carboxylic acids is 1. The lowest BCUT2D eigenvalue weighted by molar-refractivity contribution is 0.102. The number of pyridine rings is 1. The molecule has 0 fully saturated rings. The number of aromatic nitrogens is 3. The van der Waals surface area contributed by atoms with Crippen LogP contribution >= 0.6 is 0 Å². The first-order valence-electron chi connectivity index (χ1n) is 11.2. The molecule has 2 aromatic carbocycles. The molecule has 2 N–H and O–H groups in total. The maximum absolute atomic E-state index is 13.5. The summed E-state index contributed by atoms with van der Waals surface area (Å²) in [6.07, 6.45) is 2.39. The number of amides is 1. The van der Waals surface area contributed by atoms with Crippen LogP contribution in [0, 0.1) is 6.92 Å². The van der Waals surface area contributed by atoms with E-state index in [2.05, 4.69) is 32.4 Å². The van der Waals surface area contributed by atoms with Crippen molar-refractivity contribution in [3.05, 3.63) is 83.4 Å². The number of nitrogens with zero attached hydrogens (tertiary/aromatic N) is 4. The van der Waals surface area contributed by atoms with Gasteiger partial charge in [0.2, 0.25) is 0 Å². The van der Waals surface area contributed by atoms with Crippen molar-refractivity contribution < 1.29 is 4.79 Å². The quantitative estimate of drug-likeness (QED) is 0.470. The Morgan fingerprint density at radius 2 is 1.85 bits per heavy atom. The number of likely N-dealkylation sites (N-methyl/N-ethyl adjacent to an activating group) is 1. The van der Waals surface area contributed by atoms with Gasteiger partial charge in [0, 0.05) is 59.3 Å². The van der Waals surface area contributed by atoms with Crippen molar-refractivity contribution in [3.8, 4) is 0 Å². The number of rotatable bonds is 5. The molecule has 166 valence electrons. The first-order chi connectivity index (χ1) is 16.1. The maximum Gasteiger partial charge on any atom is 0.256 e. The molecule has 0 radical (unpaired) electrons. The Hall–Kier alpha value is -3.84. The predicted octanol–water partition coefficient (Wildman–Crippen LogP) is 4.71. The topological polar surface area (TPSA) is 83.0 Å². The van der Waals surface area contributed by atoms with Gasteiger partial charge in [0.05, 0.1) is 11.1 Å². The van der Waals surface area contributed by atoms with Crippen molar-refractivity contribution in [2.75, 3.05) is 23.7 Å². The van der Waals surface area contributed by atoms with E-state index in [9.17, 15) is 4.79 Å². The van der Waals surface area contributed by atoms with E-state index in [1.54, 1.807) is 0 Å². The van der Waals surface area contributed by atoms with Crippen LogP contribution in [-0.4, -0.2) is 38.8 Å². The number of benzene rings is 2. The molecule has 0 saturated carbocycles. The van der Waals surface area contributed by atoms with Crippen molar-refractivity contribution in [2.24, 2.45) is 0 Å². The highest BCUT2D eigenvalue weighted by Gasteiger charge is 2.25. The minimum atomic E-state index is -0.102. The molecule has 7 heteroatoms. The Morgan fingerprint density at radius 1 is 1.06 bits per heavy atom. The summed E-state index contributed by atoms with van der Waals surface area (Å²) in [6, 6.07) is 17.4. The molecule has 0 atom stereocenters. The van der Waals surface area contributed by atoms with Crippen LogP contribution in [0.15, 0.2) is 60.9 Å². The third kappa shape index (κ3) is 4.40. The van der Waals surface area contributed by atoms with Crippen molar-refractivity contribution in [1.29, 1.82) is 0 Å². The Balaban J connectivity index is 1.42. The summed E-state index contributed by atoms with van der Waals surface area (Å²) in [6.45, 7) is 6.74. The van der Waals surface area contributed by atoms with Crippen LogP contribution in [0.3, 0.4) is 0 Å². The molecular formula is C26H26N6O. The molecule has 0 aliphatic carbocycles. The second-order valence-corrected chi connectivity index (χ2v) is 8.25. The molecule has 0 unspecified atom stereocenters. The molecule has 2 aromatic heterocycles. The number of hydrogen-bond donors (Lipinski definition) is 2. The van der Waals surface area contributed by atoms with Crippen LogP contribution in [0.4, 0.5) is 17.2 Å². The molecule has 33 heavy (non-hydrogen) atoms. The van der Waals surface area contributed by atoms with Gasteiger partial charge in [-0.15, -0.1) is 0 Å². The van der Waals surface area contributed by atoms with Gasteiger partial charge in [0.25, 0.3) is 5.91 Å². The fourth-order valence-corrected chi connectivity index (χ4v) is 4.28. The minimum absolute atomic E-state index is 0.102. The summed E-state index contributed by atoms with van der Waals surface area (Å²) >= 11 is 0. The standard InChI is InChI=1S/C26H26N6O/c1-3-32-13-12-23-21(15-32)25(20-6-4-5-7-22(20)31-23)26(33)30-19-10-8-18(9-11-19)29-24-14-17(2)27-16-28-24/h4-11,14,16H,3,12-13,15H2,1-2H3,(H,30,33)(H,27,28,29). The van der Waals surface area contributed by atoms with E-state index in [0.29, 0.717) is 0 Å². The number of carbonyl (C=O) groups is 1. The molecule has 7 nitrogen and oxygen atoms in total. The summed E-state index contributed by atoms with van der Waals surface area (Å²) in [4.78, 5) is 29.1. The average Bonchev–Trinajstić information content (AvgIpc) is 2.83. The van der Waals surface area contributed by atoms with E-state index in [-0.39, 0.29) is 5.91 Å². The van der Waals surface area contributed by atoms with Gasteiger partial charge in [-0.25, -0.2) is 9.97 Å². The van der Waals surface area contributed by atoms with Crippen LogP contribution in [0.1, 0.15) is 34.2 Å². The normalized spacial score (nSPS) is 13.5. The number of nitrogens with one attached hydrogen (secondary N) is 2. The largest absolute Gasteiger partial charge is 0.340 e. The summed E-state index contributed by atoms with van der Waals surface area (Å²) in [5.41, 5.74) is 6.18. The molecule has 1 amide bonds. The number of anilines is 3. The fraction of sp³-hybridized carbons (Fsp3) is 0.231. The zero-order valence-corrected chi connectivity index (χ0v) is 18.8. The Kier molecular flexibility index (Phi) is 5.71. The summed E-state index contributed by atoms with van der Waals surface area (Å²) < 4.78 is 0. The lowest BCUT2D eigenvalue weighted by Gasteiger charge is -2.29. The van der Waals surface area contributed by atoms with Gasteiger partial charge in [-0.3, -0.25) is 14.7 Å². The van der Waals surface area contributed by atoms with E-state index < -0.39 is 0 Å². The van der Waals surface area contributed by atoms with Gasteiger partial charge in [0.15, 0.2) is 0 Å². The van der Waals surface area contributed by atoms with Crippen molar-refractivity contribution in [3.63, 3.8) is 0 Å². The fourth-order valence-electron chi connectivity index (χ4n) is 4.28. The van der Waals surface area contributed by atoms with E-state index in [1.165, 1.54) is 6.33 Å². The van der Waals surface area contributed by atoms with Crippen LogP contribution < -0.4 is 10.6 Å². The molecule has 1 aliphatic rings. The second kappa shape index (κ2) is 8.96. The van der Waals surface area contributed by atoms with Crippen LogP contribution in [0.5, 0.6) is 0 Å². The molecule has 5 rings (SSSR count). The SMILES string of the molecule is CCN1CCc2nc3ccccc3c(C(=O)Nc3ccc(Nc4cc(C)ncn4)cc3)c2C1. The molecule has 0 spiro atoms. The average molecular weight is 439 g/mol. The minimum Gasteiger partial charge on any atom is -0.340 e. The second-order valence-electron chi connectivity index (χ2n) is 8.25. The highest BCUT2D eigenvalue weighted by Crippen LogP contribution is 2.29. The molecular weight excluding hydrogens is 412 g/mol. The van der Waals surface area contributed by atoms with Gasteiger partial charge in [-0.05, 0) is 43.8 Å². The van der Waals surface area contributed by atoms with E-state index in [0.717, 1.165) is 76.7 Å².